The van der Waals surface area contributed by atoms with E-state index in [9.17, 15) is 16.8 Å². The van der Waals surface area contributed by atoms with Gasteiger partial charge in [0, 0.05) is 6.54 Å². The fourth-order valence-corrected chi connectivity index (χ4v) is 3.43. The summed E-state index contributed by atoms with van der Waals surface area (Å²) in [5, 5.41) is 4.99. The quantitative estimate of drug-likeness (QED) is 0.815. The zero-order valence-corrected chi connectivity index (χ0v) is 14.1. The lowest BCUT2D eigenvalue weighted by molar-refractivity contribution is 0.396. The highest BCUT2D eigenvalue weighted by Gasteiger charge is 2.17. The van der Waals surface area contributed by atoms with E-state index in [1.807, 2.05) is 20.8 Å². The molecule has 0 saturated heterocycles. The fraction of sp³-hybridized carbons (Fsp3) is 0.538. The molecule has 6 nitrogen and oxygen atoms in total. The number of benzene rings is 1. The number of sulfonamides is 2. The summed E-state index contributed by atoms with van der Waals surface area (Å²) in [4.78, 5) is 0.00170. The summed E-state index contributed by atoms with van der Waals surface area (Å²) in [5.74, 6) is 0.0613. The molecule has 0 unspecified atom stereocenters. The maximum Gasteiger partial charge on any atom is 0.238 e. The van der Waals surface area contributed by atoms with Gasteiger partial charge in [0.1, 0.15) is 0 Å². The molecule has 0 aromatic heterocycles. The zero-order valence-electron chi connectivity index (χ0n) is 12.5. The van der Waals surface area contributed by atoms with Crippen molar-refractivity contribution in [1.29, 1.82) is 0 Å². The molecule has 1 aromatic carbocycles. The first-order valence-corrected chi connectivity index (χ1v) is 9.68. The van der Waals surface area contributed by atoms with E-state index in [1.165, 1.54) is 24.3 Å². The van der Waals surface area contributed by atoms with Crippen LogP contribution in [-0.4, -0.2) is 22.6 Å². The number of rotatable bonds is 6. The molecule has 3 N–H and O–H groups in total. The van der Waals surface area contributed by atoms with Gasteiger partial charge in [0.2, 0.25) is 20.0 Å². The lowest BCUT2D eigenvalue weighted by Crippen LogP contribution is -2.28. The average molecular weight is 334 g/mol. The Morgan fingerprint density at radius 1 is 1.05 bits per heavy atom. The second-order valence-corrected chi connectivity index (χ2v) is 9.63. The van der Waals surface area contributed by atoms with Crippen LogP contribution in [0.15, 0.2) is 29.2 Å². The van der Waals surface area contributed by atoms with Crippen LogP contribution in [0.4, 0.5) is 0 Å². The van der Waals surface area contributed by atoms with Crippen molar-refractivity contribution in [2.75, 3.05) is 5.75 Å². The van der Waals surface area contributed by atoms with Crippen LogP contribution in [0, 0.1) is 5.41 Å². The number of hydrogen-bond donors (Lipinski definition) is 2. The van der Waals surface area contributed by atoms with Crippen LogP contribution < -0.4 is 9.86 Å². The van der Waals surface area contributed by atoms with Crippen LogP contribution in [-0.2, 0) is 26.6 Å². The minimum absolute atomic E-state index is 0.00170. The molecule has 8 heteroatoms. The molecule has 21 heavy (non-hydrogen) atoms. The van der Waals surface area contributed by atoms with E-state index >= 15 is 0 Å². The fourth-order valence-electron chi connectivity index (χ4n) is 1.50. The van der Waals surface area contributed by atoms with Gasteiger partial charge < -0.3 is 0 Å². The molecule has 120 valence electrons. The summed E-state index contributed by atoms with van der Waals surface area (Å²) in [5.41, 5.74) is 0.619. The van der Waals surface area contributed by atoms with Crippen LogP contribution in [0.1, 0.15) is 32.8 Å². The summed E-state index contributed by atoms with van der Waals surface area (Å²) >= 11 is 0. The van der Waals surface area contributed by atoms with E-state index in [0.29, 0.717) is 12.0 Å². The molecule has 0 bridgehead atoms. The molecule has 1 rings (SSSR count). The number of nitrogens with one attached hydrogen (secondary N) is 1. The van der Waals surface area contributed by atoms with Crippen molar-refractivity contribution in [1.82, 2.24) is 4.72 Å². The number of nitrogens with two attached hydrogens (primary N) is 1. The van der Waals surface area contributed by atoms with Crippen molar-refractivity contribution in [3.8, 4) is 0 Å². The average Bonchev–Trinajstić information content (AvgIpc) is 2.33. The summed E-state index contributed by atoms with van der Waals surface area (Å²) in [6.07, 6.45) is 0.562. The second-order valence-electron chi connectivity index (χ2n) is 6.14. The molecule has 0 aliphatic heterocycles. The predicted octanol–water partition coefficient (Wildman–Crippen LogP) is 1.19. The lowest BCUT2D eigenvalue weighted by atomic mass is 9.94. The highest BCUT2D eigenvalue weighted by Crippen LogP contribution is 2.19. The standard InChI is InChI=1S/C13H22N2O4S2/c1-13(2,3)8-9-20(16,17)15-10-11-4-6-12(7-5-11)21(14,18)19/h4-7,15H,8-10H2,1-3H3,(H2,14,18,19). The molecule has 0 atom stereocenters. The van der Waals surface area contributed by atoms with E-state index in [1.54, 1.807) is 0 Å². The van der Waals surface area contributed by atoms with Crippen molar-refractivity contribution in [2.45, 2.75) is 38.6 Å². The zero-order chi connectivity index (χ0) is 16.3. The third kappa shape index (κ3) is 7.03. The van der Waals surface area contributed by atoms with Crippen molar-refractivity contribution >= 4 is 20.0 Å². The molecular weight excluding hydrogens is 312 g/mol. The van der Waals surface area contributed by atoms with Gasteiger partial charge in [-0.2, -0.15) is 0 Å². The van der Waals surface area contributed by atoms with Gasteiger partial charge in [0.25, 0.3) is 0 Å². The van der Waals surface area contributed by atoms with Crippen LogP contribution >= 0.6 is 0 Å². The maximum absolute atomic E-state index is 11.8. The van der Waals surface area contributed by atoms with Gasteiger partial charge in [-0.05, 0) is 29.5 Å². The molecule has 1 aromatic rings. The molecule has 0 fully saturated rings. The lowest BCUT2D eigenvalue weighted by Gasteiger charge is -2.17. The topological polar surface area (TPSA) is 106 Å². The van der Waals surface area contributed by atoms with Gasteiger partial charge in [-0.1, -0.05) is 32.9 Å². The SMILES string of the molecule is CC(C)(C)CCS(=O)(=O)NCc1ccc(S(N)(=O)=O)cc1. The van der Waals surface area contributed by atoms with E-state index in [-0.39, 0.29) is 22.6 Å². The third-order valence-corrected chi connectivity index (χ3v) is 5.12. The smallest absolute Gasteiger partial charge is 0.225 e. The number of hydrogen-bond acceptors (Lipinski definition) is 4. The Morgan fingerprint density at radius 2 is 1.57 bits per heavy atom. The first kappa shape index (κ1) is 18.1. The predicted molar refractivity (Wildman–Crippen MR) is 82.5 cm³/mol. The summed E-state index contributed by atoms with van der Waals surface area (Å²) in [6, 6.07) is 5.78. The molecule has 0 radical (unpaired) electrons. The molecule has 0 amide bonds. The Bertz CT molecular complexity index is 672. The normalized spacial score (nSPS) is 13.3. The van der Waals surface area contributed by atoms with Gasteiger partial charge >= 0.3 is 0 Å². The highest BCUT2D eigenvalue weighted by molar-refractivity contribution is 7.89. The third-order valence-electron chi connectivity index (χ3n) is 2.87. The minimum Gasteiger partial charge on any atom is -0.225 e. The second kappa shape index (κ2) is 6.43. The first-order chi connectivity index (χ1) is 9.39. The van der Waals surface area contributed by atoms with Crippen molar-refractivity contribution in [3.63, 3.8) is 0 Å². The molecule has 0 aliphatic rings. The molecule has 0 heterocycles. The highest BCUT2D eigenvalue weighted by atomic mass is 32.2. The van der Waals surface area contributed by atoms with Crippen LogP contribution in [0.3, 0.4) is 0 Å². The summed E-state index contributed by atoms with van der Waals surface area (Å²) < 4.78 is 48.4. The number of primary sulfonamides is 1. The summed E-state index contributed by atoms with van der Waals surface area (Å²) in [6.45, 7) is 6.06. The maximum atomic E-state index is 11.8. The van der Waals surface area contributed by atoms with Crippen LogP contribution in [0.2, 0.25) is 0 Å². The minimum atomic E-state index is -3.73. The van der Waals surface area contributed by atoms with Crippen molar-refractivity contribution < 1.29 is 16.8 Å². The Balaban J connectivity index is 2.63. The Hall–Kier alpha value is -0.960. The van der Waals surface area contributed by atoms with Gasteiger partial charge in [-0.15, -0.1) is 0 Å². The molecule has 0 saturated carbocycles. The van der Waals surface area contributed by atoms with E-state index in [4.69, 9.17) is 5.14 Å². The monoisotopic (exact) mass is 334 g/mol. The van der Waals surface area contributed by atoms with Crippen LogP contribution in [0.5, 0.6) is 0 Å². The largest absolute Gasteiger partial charge is 0.238 e. The van der Waals surface area contributed by atoms with Gasteiger partial charge in [0.15, 0.2) is 0 Å². The molecule has 0 spiro atoms. The Kier molecular flexibility index (Phi) is 5.54. The van der Waals surface area contributed by atoms with E-state index < -0.39 is 20.0 Å². The van der Waals surface area contributed by atoms with E-state index in [2.05, 4.69) is 4.72 Å². The summed E-state index contributed by atoms with van der Waals surface area (Å²) in [7, 11) is -7.07. The first-order valence-electron chi connectivity index (χ1n) is 6.48. The Labute approximate surface area is 126 Å². The van der Waals surface area contributed by atoms with E-state index in [0.717, 1.165) is 0 Å². The Morgan fingerprint density at radius 3 is 2.00 bits per heavy atom. The molecular formula is C13H22N2O4S2. The van der Waals surface area contributed by atoms with Gasteiger partial charge in [-0.3, -0.25) is 0 Å². The van der Waals surface area contributed by atoms with Crippen LogP contribution in [0.25, 0.3) is 0 Å². The molecule has 0 aliphatic carbocycles. The van der Waals surface area contributed by atoms with Crippen molar-refractivity contribution in [3.05, 3.63) is 29.8 Å². The van der Waals surface area contributed by atoms with Gasteiger partial charge in [-0.25, -0.2) is 26.7 Å². The van der Waals surface area contributed by atoms with Crippen molar-refractivity contribution in [2.24, 2.45) is 10.6 Å². The van der Waals surface area contributed by atoms with Gasteiger partial charge in [0.05, 0.1) is 10.6 Å².